The summed E-state index contributed by atoms with van der Waals surface area (Å²) in [5, 5.41) is 0. The smallest absolute Gasteiger partial charge is 0.336 e. The molecule has 0 bridgehead atoms. The van der Waals surface area contributed by atoms with E-state index in [9.17, 15) is 4.79 Å². The third-order valence-corrected chi connectivity index (χ3v) is 2.56. The van der Waals surface area contributed by atoms with E-state index in [2.05, 4.69) is 6.58 Å². The zero-order valence-electron chi connectivity index (χ0n) is 10.5. The Balaban J connectivity index is 2.06. The minimum absolute atomic E-state index is 0.404. The Morgan fingerprint density at radius 2 is 1.68 bits per heavy atom. The van der Waals surface area contributed by atoms with Gasteiger partial charge >= 0.3 is 5.97 Å². The predicted molar refractivity (Wildman–Crippen MR) is 77.6 cm³/mol. The van der Waals surface area contributed by atoms with Crippen molar-refractivity contribution in [2.75, 3.05) is 0 Å². The van der Waals surface area contributed by atoms with Crippen LogP contribution >= 0.6 is 0 Å². The van der Waals surface area contributed by atoms with Crippen LogP contribution in [-0.2, 0) is 4.79 Å². The predicted octanol–water partition coefficient (Wildman–Crippen LogP) is 3.95. The maximum absolute atomic E-state index is 11.7. The molecule has 0 N–H and O–H groups in total. The Morgan fingerprint density at radius 3 is 2.42 bits per heavy atom. The number of esters is 1. The topological polar surface area (TPSA) is 26.3 Å². The highest BCUT2D eigenvalue weighted by Crippen LogP contribution is 2.19. The third kappa shape index (κ3) is 3.68. The summed E-state index contributed by atoms with van der Waals surface area (Å²) < 4.78 is 5.26. The van der Waals surface area contributed by atoms with Crippen molar-refractivity contribution in [3.05, 3.63) is 78.4 Å². The molecule has 2 aromatic carbocycles. The number of carbonyl (C=O) groups excluding carboxylic acids is 1. The Kier molecular flexibility index (Phi) is 4.29. The summed E-state index contributed by atoms with van der Waals surface area (Å²) in [6.45, 7) is 3.68. The van der Waals surface area contributed by atoms with Gasteiger partial charge in [-0.05, 0) is 17.7 Å². The molecule has 0 saturated heterocycles. The van der Waals surface area contributed by atoms with Crippen LogP contribution in [0.15, 0.2) is 67.3 Å². The average molecular weight is 250 g/mol. The first kappa shape index (κ1) is 12.8. The Morgan fingerprint density at radius 1 is 1.00 bits per heavy atom. The van der Waals surface area contributed by atoms with E-state index in [1.807, 2.05) is 48.5 Å². The van der Waals surface area contributed by atoms with E-state index in [0.717, 1.165) is 11.1 Å². The van der Waals surface area contributed by atoms with Crippen molar-refractivity contribution in [3.8, 4) is 5.75 Å². The van der Waals surface area contributed by atoms with Crippen molar-refractivity contribution >= 4 is 18.1 Å². The van der Waals surface area contributed by atoms with Gasteiger partial charge in [0.25, 0.3) is 0 Å². The number of hydrogen-bond acceptors (Lipinski definition) is 2. The Bertz CT molecular complexity index is 598. The van der Waals surface area contributed by atoms with Gasteiger partial charge < -0.3 is 4.74 Å². The van der Waals surface area contributed by atoms with Crippen LogP contribution in [0.3, 0.4) is 0 Å². The largest absolute Gasteiger partial charge is 0.423 e. The fourth-order valence-corrected chi connectivity index (χ4v) is 1.61. The molecule has 0 saturated carbocycles. The van der Waals surface area contributed by atoms with E-state index in [1.54, 1.807) is 18.2 Å². The summed E-state index contributed by atoms with van der Waals surface area (Å²) in [6, 6.07) is 16.9. The molecule has 0 spiro atoms. The summed E-state index contributed by atoms with van der Waals surface area (Å²) in [4.78, 5) is 11.7. The van der Waals surface area contributed by atoms with Crippen LogP contribution in [0, 0.1) is 0 Å². The molecule has 0 aliphatic carbocycles. The number of benzene rings is 2. The van der Waals surface area contributed by atoms with Crippen LogP contribution in [0.5, 0.6) is 5.75 Å². The minimum atomic E-state index is -0.404. The summed E-state index contributed by atoms with van der Waals surface area (Å²) >= 11 is 0. The van der Waals surface area contributed by atoms with Crippen LogP contribution < -0.4 is 4.74 Å². The number of rotatable bonds is 4. The molecule has 19 heavy (non-hydrogen) atoms. The Labute approximate surface area is 112 Å². The van der Waals surface area contributed by atoms with Gasteiger partial charge in [-0.3, -0.25) is 0 Å². The molecule has 94 valence electrons. The lowest BCUT2D eigenvalue weighted by atomic mass is 10.2. The molecule has 2 aromatic rings. The fourth-order valence-electron chi connectivity index (χ4n) is 1.61. The minimum Gasteiger partial charge on any atom is -0.423 e. The van der Waals surface area contributed by atoms with Crippen LogP contribution in [0.2, 0.25) is 0 Å². The third-order valence-electron chi connectivity index (χ3n) is 2.56. The lowest BCUT2D eigenvalue weighted by Crippen LogP contribution is -2.04. The van der Waals surface area contributed by atoms with Crippen molar-refractivity contribution in [1.29, 1.82) is 0 Å². The van der Waals surface area contributed by atoms with Gasteiger partial charge in [-0.25, -0.2) is 4.79 Å². The first-order valence-corrected chi connectivity index (χ1v) is 5.96. The van der Waals surface area contributed by atoms with E-state index < -0.39 is 5.97 Å². The molecular weight excluding hydrogens is 236 g/mol. The average Bonchev–Trinajstić information content (AvgIpc) is 2.47. The van der Waals surface area contributed by atoms with Crippen molar-refractivity contribution in [2.24, 2.45) is 0 Å². The normalized spacial score (nSPS) is 10.3. The number of carbonyl (C=O) groups is 1. The quantitative estimate of drug-likeness (QED) is 0.466. The lowest BCUT2D eigenvalue weighted by Gasteiger charge is -2.04. The maximum Gasteiger partial charge on any atom is 0.336 e. The number of hydrogen-bond donors (Lipinski definition) is 0. The second-order valence-electron chi connectivity index (χ2n) is 3.91. The summed E-state index contributed by atoms with van der Waals surface area (Å²) in [5.74, 6) is 0.110. The molecule has 0 aromatic heterocycles. The van der Waals surface area contributed by atoms with Gasteiger partial charge in [0.15, 0.2) is 0 Å². The number of ether oxygens (including phenoxy) is 1. The molecule has 0 radical (unpaired) electrons. The first-order chi connectivity index (χ1) is 9.29. The molecule has 2 nitrogen and oxygen atoms in total. The monoisotopic (exact) mass is 250 g/mol. The van der Waals surface area contributed by atoms with Gasteiger partial charge in [0.05, 0.1) is 0 Å². The second-order valence-corrected chi connectivity index (χ2v) is 3.91. The molecule has 0 unspecified atom stereocenters. The van der Waals surface area contributed by atoms with Gasteiger partial charge in [-0.1, -0.05) is 61.2 Å². The fraction of sp³-hybridized carbons (Fsp3) is 0. The van der Waals surface area contributed by atoms with Crippen molar-refractivity contribution in [2.45, 2.75) is 0 Å². The van der Waals surface area contributed by atoms with Crippen molar-refractivity contribution in [1.82, 2.24) is 0 Å². The van der Waals surface area contributed by atoms with Gasteiger partial charge in [-0.15, -0.1) is 0 Å². The summed E-state index contributed by atoms with van der Waals surface area (Å²) in [5.41, 5.74) is 1.75. The standard InChI is InChI=1S/C17H14O2/c1-2-15-10-6-7-11-16(15)19-17(18)13-12-14-8-4-3-5-9-14/h2-13H,1H2/b13-12+. The molecule has 0 aliphatic heterocycles. The van der Waals surface area contributed by atoms with Gasteiger partial charge in [-0.2, -0.15) is 0 Å². The highest BCUT2D eigenvalue weighted by molar-refractivity contribution is 5.89. The van der Waals surface area contributed by atoms with Crippen LogP contribution in [0.25, 0.3) is 12.2 Å². The van der Waals surface area contributed by atoms with E-state index in [4.69, 9.17) is 4.74 Å². The molecule has 0 aliphatic rings. The van der Waals surface area contributed by atoms with E-state index in [1.165, 1.54) is 6.08 Å². The molecule has 0 amide bonds. The first-order valence-electron chi connectivity index (χ1n) is 5.96. The molecule has 2 heteroatoms. The van der Waals surface area contributed by atoms with E-state index in [0.29, 0.717) is 5.75 Å². The zero-order chi connectivity index (χ0) is 13.5. The lowest BCUT2D eigenvalue weighted by molar-refractivity contribution is -0.128. The second kappa shape index (κ2) is 6.36. The molecule has 2 rings (SSSR count). The highest BCUT2D eigenvalue weighted by Gasteiger charge is 2.03. The maximum atomic E-state index is 11.7. The number of para-hydroxylation sites is 1. The van der Waals surface area contributed by atoms with Crippen molar-refractivity contribution < 1.29 is 9.53 Å². The van der Waals surface area contributed by atoms with Gasteiger partial charge in [0, 0.05) is 11.6 Å². The molecule has 0 atom stereocenters. The highest BCUT2D eigenvalue weighted by atomic mass is 16.5. The van der Waals surface area contributed by atoms with Gasteiger partial charge in [0.2, 0.25) is 0 Å². The van der Waals surface area contributed by atoms with E-state index in [-0.39, 0.29) is 0 Å². The van der Waals surface area contributed by atoms with Crippen molar-refractivity contribution in [3.63, 3.8) is 0 Å². The molecule has 0 heterocycles. The van der Waals surface area contributed by atoms with Crippen LogP contribution in [-0.4, -0.2) is 5.97 Å². The zero-order valence-corrected chi connectivity index (χ0v) is 10.5. The van der Waals surface area contributed by atoms with E-state index >= 15 is 0 Å². The molecule has 0 fully saturated rings. The Hall–Kier alpha value is -2.61. The molecular formula is C17H14O2. The summed E-state index contributed by atoms with van der Waals surface area (Å²) in [7, 11) is 0. The van der Waals surface area contributed by atoms with Crippen LogP contribution in [0.1, 0.15) is 11.1 Å². The SMILES string of the molecule is C=Cc1ccccc1OC(=O)/C=C/c1ccccc1. The summed E-state index contributed by atoms with van der Waals surface area (Å²) in [6.07, 6.45) is 4.79. The van der Waals surface area contributed by atoms with Crippen LogP contribution in [0.4, 0.5) is 0 Å². The van der Waals surface area contributed by atoms with Gasteiger partial charge in [0.1, 0.15) is 5.75 Å².